The molecule has 3 rings (SSSR count). The summed E-state index contributed by atoms with van der Waals surface area (Å²) in [6.45, 7) is 0.286. The van der Waals surface area contributed by atoms with Gasteiger partial charge in [-0.1, -0.05) is 17.7 Å². The highest BCUT2D eigenvalue weighted by Gasteiger charge is 2.48. The number of aromatic nitrogens is 1. The van der Waals surface area contributed by atoms with Gasteiger partial charge in [0.25, 0.3) is 5.92 Å². The summed E-state index contributed by atoms with van der Waals surface area (Å²) in [5.41, 5.74) is 1.56. The van der Waals surface area contributed by atoms with E-state index in [0.29, 0.717) is 11.6 Å². The summed E-state index contributed by atoms with van der Waals surface area (Å²) in [7, 11) is 0. The van der Waals surface area contributed by atoms with E-state index in [4.69, 9.17) is 16.7 Å². The maximum absolute atomic E-state index is 13.7. The summed E-state index contributed by atoms with van der Waals surface area (Å²) >= 11 is 6.11. The van der Waals surface area contributed by atoms with Crippen LogP contribution in [0.2, 0.25) is 5.02 Å². The van der Waals surface area contributed by atoms with Crippen LogP contribution in [-0.2, 0) is 11.3 Å². The largest absolute Gasteiger partial charge is 0.481 e. The predicted octanol–water partition coefficient (Wildman–Crippen LogP) is 3.43. The first-order chi connectivity index (χ1) is 10.9. The minimum Gasteiger partial charge on any atom is -0.481 e. The van der Waals surface area contributed by atoms with Gasteiger partial charge in [-0.15, -0.1) is 0 Å². The summed E-state index contributed by atoms with van der Waals surface area (Å²) in [5.74, 6) is -6.32. The third-order valence-electron chi connectivity index (χ3n) is 4.15. The lowest BCUT2D eigenvalue weighted by atomic mass is 9.93. The molecule has 0 bridgehead atoms. The molecule has 1 aromatic carbocycles. The lowest BCUT2D eigenvalue weighted by molar-refractivity contribution is -0.167. The molecule has 7 heteroatoms. The monoisotopic (exact) mass is 340 g/mol. The summed E-state index contributed by atoms with van der Waals surface area (Å²) in [4.78, 5) is 17.1. The van der Waals surface area contributed by atoms with E-state index in [1.165, 1.54) is 0 Å². The molecule has 0 spiro atoms. The molecule has 0 saturated carbocycles. The maximum atomic E-state index is 13.7. The van der Waals surface area contributed by atoms with Crippen molar-refractivity contribution >= 4 is 28.5 Å². The molecule has 1 N–H and O–H groups in total. The summed E-state index contributed by atoms with van der Waals surface area (Å²) in [6, 6.07) is 7.21. The summed E-state index contributed by atoms with van der Waals surface area (Å²) in [5, 5.41) is 10.4. The molecule has 1 aromatic heterocycles. The van der Waals surface area contributed by atoms with Crippen LogP contribution in [0.4, 0.5) is 8.78 Å². The zero-order valence-electron chi connectivity index (χ0n) is 12.2. The Kier molecular flexibility index (Phi) is 4.21. The second-order valence-electron chi connectivity index (χ2n) is 5.78. The molecule has 0 aliphatic carbocycles. The quantitative estimate of drug-likeness (QED) is 0.930. The Morgan fingerprint density at radius 2 is 2.26 bits per heavy atom. The van der Waals surface area contributed by atoms with Gasteiger partial charge in [-0.25, -0.2) is 8.78 Å². The smallest absolute Gasteiger partial charge is 0.313 e. The van der Waals surface area contributed by atoms with Crippen LogP contribution in [0.1, 0.15) is 12.0 Å². The predicted molar refractivity (Wildman–Crippen MR) is 82.7 cm³/mol. The Balaban J connectivity index is 1.87. The van der Waals surface area contributed by atoms with Crippen molar-refractivity contribution in [3.8, 4) is 0 Å². The first-order valence-corrected chi connectivity index (χ1v) is 7.61. The van der Waals surface area contributed by atoms with E-state index in [1.807, 2.05) is 6.07 Å². The van der Waals surface area contributed by atoms with Crippen LogP contribution >= 0.6 is 11.6 Å². The third kappa shape index (κ3) is 3.28. The van der Waals surface area contributed by atoms with Gasteiger partial charge >= 0.3 is 5.97 Å². The molecule has 1 saturated heterocycles. The average Bonchev–Trinajstić information content (AvgIpc) is 2.48. The van der Waals surface area contributed by atoms with Crippen LogP contribution < -0.4 is 0 Å². The highest BCUT2D eigenvalue weighted by atomic mass is 35.5. The Labute approximate surface area is 136 Å². The lowest BCUT2D eigenvalue weighted by Gasteiger charge is -2.36. The van der Waals surface area contributed by atoms with Gasteiger partial charge in [0, 0.05) is 42.7 Å². The molecule has 2 heterocycles. The van der Waals surface area contributed by atoms with E-state index in [1.54, 1.807) is 29.3 Å². The Hall–Kier alpha value is -1.79. The minimum atomic E-state index is -3.17. The molecule has 122 valence electrons. The van der Waals surface area contributed by atoms with Gasteiger partial charge in [0.05, 0.1) is 5.52 Å². The van der Waals surface area contributed by atoms with Gasteiger partial charge in [0.2, 0.25) is 0 Å². The molecular weight excluding hydrogens is 326 g/mol. The molecule has 1 aliphatic rings. The molecule has 4 nitrogen and oxygen atoms in total. The molecule has 0 radical (unpaired) electrons. The number of hydrogen-bond donors (Lipinski definition) is 1. The molecule has 1 aliphatic heterocycles. The molecule has 1 fully saturated rings. The number of benzene rings is 1. The zero-order valence-corrected chi connectivity index (χ0v) is 12.9. The first kappa shape index (κ1) is 16.1. The van der Waals surface area contributed by atoms with E-state index in [9.17, 15) is 13.6 Å². The van der Waals surface area contributed by atoms with Crippen molar-refractivity contribution in [3.05, 3.63) is 41.0 Å². The number of likely N-dealkylation sites (tertiary alicyclic amines) is 1. The Morgan fingerprint density at radius 3 is 3.00 bits per heavy atom. The van der Waals surface area contributed by atoms with Gasteiger partial charge in [0.15, 0.2) is 0 Å². The molecule has 1 unspecified atom stereocenters. The number of carboxylic acid groups (broad SMARTS) is 1. The van der Waals surface area contributed by atoms with Crippen molar-refractivity contribution in [2.45, 2.75) is 18.9 Å². The van der Waals surface area contributed by atoms with Gasteiger partial charge in [-0.3, -0.25) is 14.7 Å². The number of halogens is 3. The van der Waals surface area contributed by atoms with Crippen LogP contribution in [0, 0.1) is 5.92 Å². The van der Waals surface area contributed by atoms with Crippen LogP contribution in [0.3, 0.4) is 0 Å². The number of hydrogen-bond acceptors (Lipinski definition) is 3. The number of carbonyl (C=O) groups is 1. The van der Waals surface area contributed by atoms with Gasteiger partial charge in [-0.05, 0) is 23.8 Å². The van der Waals surface area contributed by atoms with Crippen LogP contribution in [0.15, 0.2) is 30.5 Å². The van der Waals surface area contributed by atoms with Crippen molar-refractivity contribution in [2.75, 3.05) is 13.1 Å². The fourth-order valence-corrected chi connectivity index (χ4v) is 3.21. The second kappa shape index (κ2) is 6.02. The van der Waals surface area contributed by atoms with Gasteiger partial charge < -0.3 is 5.11 Å². The van der Waals surface area contributed by atoms with E-state index < -0.39 is 24.2 Å². The maximum Gasteiger partial charge on any atom is 0.313 e. The van der Waals surface area contributed by atoms with Crippen molar-refractivity contribution in [3.63, 3.8) is 0 Å². The van der Waals surface area contributed by atoms with E-state index in [0.717, 1.165) is 16.5 Å². The minimum absolute atomic E-state index is 0.137. The number of pyridine rings is 1. The number of rotatable bonds is 3. The summed E-state index contributed by atoms with van der Waals surface area (Å²) in [6.07, 6.45) is 1.19. The number of nitrogens with zero attached hydrogens (tertiary/aromatic N) is 2. The Bertz CT molecular complexity index is 754. The Morgan fingerprint density at radius 1 is 1.48 bits per heavy atom. The molecule has 23 heavy (non-hydrogen) atoms. The van der Waals surface area contributed by atoms with Crippen molar-refractivity contribution in [1.82, 2.24) is 9.88 Å². The van der Waals surface area contributed by atoms with Crippen molar-refractivity contribution < 1.29 is 18.7 Å². The topological polar surface area (TPSA) is 53.4 Å². The standard InChI is InChI=1S/C16H15ClF2N2O2/c17-12-6-10-2-1-4-20-14(10)11(7-12)8-21-5-3-16(18,19)13(9-21)15(22)23/h1-2,4,6-7,13H,3,5,8-9H2,(H,22,23). The fourth-order valence-electron chi connectivity index (χ4n) is 2.96. The molecule has 0 amide bonds. The molecule has 2 aromatic rings. The fraction of sp³-hybridized carbons (Fsp3) is 0.375. The number of aliphatic carboxylic acids is 1. The van der Waals surface area contributed by atoms with Gasteiger partial charge in [-0.2, -0.15) is 0 Å². The highest BCUT2D eigenvalue weighted by Crippen LogP contribution is 2.34. The van der Waals surface area contributed by atoms with Gasteiger partial charge in [0.1, 0.15) is 5.92 Å². The summed E-state index contributed by atoms with van der Waals surface area (Å²) < 4.78 is 27.4. The van der Waals surface area contributed by atoms with Crippen LogP contribution in [0.5, 0.6) is 0 Å². The highest BCUT2D eigenvalue weighted by molar-refractivity contribution is 6.31. The SMILES string of the molecule is O=C(O)C1CN(Cc2cc(Cl)cc3cccnc23)CCC1(F)F. The van der Waals surface area contributed by atoms with Crippen molar-refractivity contribution in [2.24, 2.45) is 5.92 Å². The van der Waals surface area contributed by atoms with Crippen LogP contribution in [0.25, 0.3) is 10.9 Å². The van der Waals surface area contributed by atoms with E-state index in [-0.39, 0.29) is 13.1 Å². The normalized spacial score (nSPS) is 21.4. The number of carboxylic acids is 1. The number of piperidine rings is 1. The lowest BCUT2D eigenvalue weighted by Crippen LogP contribution is -2.50. The molecular formula is C16H15ClF2N2O2. The first-order valence-electron chi connectivity index (χ1n) is 7.23. The average molecular weight is 341 g/mol. The third-order valence-corrected chi connectivity index (χ3v) is 4.37. The van der Waals surface area contributed by atoms with E-state index >= 15 is 0 Å². The van der Waals surface area contributed by atoms with E-state index in [2.05, 4.69) is 4.98 Å². The number of fused-ring (bicyclic) bond motifs is 1. The zero-order chi connectivity index (χ0) is 16.6. The van der Waals surface area contributed by atoms with Crippen molar-refractivity contribution in [1.29, 1.82) is 0 Å². The second-order valence-corrected chi connectivity index (χ2v) is 6.21. The number of alkyl halides is 2. The molecule has 1 atom stereocenters. The van der Waals surface area contributed by atoms with Crippen LogP contribution in [-0.4, -0.2) is 40.0 Å².